The van der Waals surface area contributed by atoms with Gasteiger partial charge in [-0.05, 0) is 50.4 Å². The SMILES string of the molecule is Cc1oc(-c2cc3c(cc2Cl)OCO3)nc1CN1CCC(c2ccccc2)CC1. The lowest BCUT2D eigenvalue weighted by Crippen LogP contribution is -2.32. The highest BCUT2D eigenvalue weighted by atomic mass is 35.5. The summed E-state index contributed by atoms with van der Waals surface area (Å²) in [5, 5.41) is 0.547. The molecule has 0 amide bonds. The van der Waals surface area contributed by atoms with Gasteiger partial charge in [0.2, 0.25) is 12.7 Å². The number of aromatic nitrogens is 1. The molecule has 0 aliphatic carbocycles. The Balaban J connectivity index is 1.28. The second-order valence-corrected chi connectivity index (χ2v) is 8.08. The number of nitrogens with zero attached hydrogens (tertiary/aromatic N) is 2. The van der Waals surface area contributed by atoms with Crippen molar-refractivity contribution < 1.29 is 13.9 Å². The quantitative estimate of drug-likeness (QED) is 0.575. The summed E-state index contributed by atoms with van der Waals surface area (Å²) in [4.78, 5) is 7.20. The minimum atomic E-state index is 0.212. The van der Waals surface area contributed by atoms with Gasteiger partial charge >= 0.3 is 0 Å². The zero-order valence-electron chi connectivity index (χ0n) is 16.4. The minimum absolute atomic E-state index is 0.212. The molecule has 5 rings (SSSR count). The standard InChI is InChI=1S/C23H23ClN2O3/c1-15-20(13-26-9-7-17(8-10-26)16-5-3-2-4-6-16)25-23(29-15)18-11-21-22(12-19(18)24)28-14-27-21/h2-6,11-12,17H,7-10,13-14H2,1H3. The summed E-state index contributed by atoms with van der Waals surface area (Å²) in [7, 11) is 0. The first kappa shape index (κ1) is 18.5. The lowest BCUT2D eigenvalue weighted by atomic mass is 9.89. The van der Waals surface area contributed by atoms with Crippen LogP contribution in [0.2, 0.25) is 5.02 Å². The van der Waals surface area contributed by atoms with Gasteiger partial charge in [0.15, 0.2) is 11.5 Å². The number of rotatable bonds is 4. The van der Waals surface area contributed by atoms with Gasteiger partial charge in [-0.3, -0.25) is 4.90 Å². The molecule has 0 spiro atoms. The first-order valence-corrected chi connectivity index (χ1v) is 10.4. The van der Waals surface area contributed by atoms with Crippen molar-refractivity contribution in [1.82, 2.24) is 9.88 Å². The summed E-state index contributed by atoms with van der Waals surface area (Å²) in [6.45, 7) is 5.09. The highest BCUT2D eigenvalue weighted by Crippen LogP contribution is 2.41. The number of hydrogen-bond acceptors (Lipinski definition) is 5. The predicted octanol–water partition coefficient (Wildman–Crippen LogP) is 5.41. The van der Waals surface area contributed by atoms with E-state index in [4.69, 9.17) is 30.5 Å². The lowest BCUT2D eigenvalue weighted by Gasteiger charge is -2.31. The van der Waals surface area contributed by atoms with Crippen molar-refractivity contribution in [3.8, 4) is 23.0 Å². The fraction of sp³-hybridized carbons (Fsp3) is 0.348. The predicted molar refractivity (Wildman–Crippen MR) is 112 cm³/mol. The average Bonchev–Trinajstić information content (AvgIpc) is 3.34. The number of likely N-dealkylation sites (tertiary alicyclic amines) is 1. The molecule has 5 nitrogen and oxygen atoms in total. The Morgan fingerprint density at radius 1 is 1.07 bits per heavy atom. The summed E-state index contributed by atoms with van der Waals surface area (Å²) < 4.78 is 16.8. The Bertz CT molecular complexity index is 1010. The number of oxazole rings is 1. The molecule has 2 aliphatic heterocycles. The van der Waals surface area contributed by atoms with Gasteiger partial charge in [-0.2, -0.15) is 0 Å². The van der Waals surface area contributed by atoms with Crippen molar-refractivity contribution in [1.29, 1.82) is 0 Å². The number of fused-ring (bicyclic) bond motifs is 1. The Morgan fingerprint density at radius 2 is 1.79 bits per heavy atom. The average molecular weight is 411 g/mol. The second kappa shape index (κ2) is 7.73. The maximum absolute atomic E-state index is 6.42. The van der Waals surface area contributed by atoms with Gasteiger partial charge in [-0.15, -0.1) is 0 Å². The normalized spacial score (nSPS) is 17.0. The van der Waals surface area contributed by atoms with Crippen LogP contribution in [0.1, 0.15) is 35.8 Å². The monoisotopic (exact) mass is 410 g/mol. The van der Waals surface area contributed by atoms with E-state index in [0.29, 0.717) is 28.3 Å². The van der Waals surface area contributed by atoms with Crippen molar-refractivity contribution in [2.75, 3.05) is 19.9 Å². The molecule has 0 N–H and O–H groups in total. The molecule has 2 aliphatic rings. The molecule has 0 radical (unpaired) electrons. The second-order valence-electron chi connectivity index (χ2n) is 7.67. The van der Waals surface area contributed by atoms with E-state index < -0.39 is 0 Å². The molecule has 0 saturated carbocycles. The third-order valence-electron chi connectivity index (χ3n) is 5.82. The molecule has 3 aromatic rings. The highest BCUT2D eigenvalue weighted by molar-refractivity contribution is 6.33. The van der Waals surface area contributed by atoms with Gasteiger partial charge in [0, 0.05) is 12.6 Å². The van der Waals surface area contributed by atoms with Gasteiger partial charge in [0.1, 0.15) is 5.76 Å². The molecular weight excluding hydrogens is 388 g/mol. The molecule has 29 heavy (non-hydrogen) atoms. The zero-order chi connectivity index (χ0) is 19.8. The fourth-order valence-electron chi connectivity index (χ4n) is 4.13. The largest absolute Gasteiger partial charge is 0.454 e. The van der Waals surface area contributed by atoms with E-state index in [1.54, 1.807) is 6.07 Å². The number of ether oxygens (including phenoxy) is 2. The van der Waals surface area contributed by atoms with Crippen molar-refractivity contribution in [2.45, 2.75) is 32.2 Å². The number of aryl methyl sites for hydroxylation is 1. The summed E-state index contributed by atoms with van der Waals surface area (Å²) in [6.07, 6.45) is 2.34. The van der Waals surface area contributed by atoms with Crippen LogP contribution in [-0.2, 0) is 6.54 Å². The molecule has 3 heterocycles. The Morgan fingerprint density at radius 3 is 2.55 bits per heavy atom. The van der Waals surface area contributed by atoms with Crippen LogP contribution in [0, 0.1) is 6.92 Å². The third-order valence-corrected chi connectivity index (χ3v) is 6.13. The summed E-state index contributed by atoms with van der Waals surface area (Å²) >= 11 is 6.42. The fourth-order valence-corrected chi connectivity index (χ4v) is 4.37. The molecule has 2 aromatic carbocycles. The first-order chi connectivity index (χ1) is 14.2. The first-order valence-electron chi connectivity index (χ1n) is 10.0. The molecular formula is C23H23ClN2O3. The van der Waals surface area contributed by atoms with Crippen LogP contribution < -0.4 is 9.47 Å². The van der Waals surface area contributed by atoms with E-state index in [9.17, 15) is 0 Å². The van der Waals surface area contributed by atoms with Crippen molar-refractivity contribution >= 4 is 11.6 Å². The Labute approximate surface area is 175 Å². The summed E-state index contributed by atoms with van der Waals surface area (Å²) in [6, 6.07) is 14.4. The topological polar surface area (TPSA) is 47.7 Å². The maximum atomic E-state index is 6.42. The van der Waals surface area contributed by atoms with Crippen LogP contribution in [-0.4, -0.2) is 29.8 Å². The number of piperidine rings is 1. The van der Waals surface area contributed by atoms with Crippen molar-refractivity contribution in [3.05, 3.63) is 64.5 Å². The number of halogens is 1. The number of benzene rings is 2. The van der Waals surface area contributed by atoms with Gasteiger partial charge in [0.25, 0.3) is 0 Å². The van der Waals surface area contributed by atoms with Crippen LogP contribution in [0.3, 0.4) is 0 Å². The van der Waals surface area contributed by atoms with Crippen LogP contribution in [0.5, 0.6) is 11.5 Å². The third kappa shape index (κ3) is 3.72. The molecule has 1 aromatic heterocycles. The molecule has 0 bridgehead atoms. The van der Waals surface area contributed by atoms with Crippen molar-refractivity contribution in [2.24, 2.45) is 0 Å². The molecule has 1 fully saturated rings. The zero-order valence-corrected chi connectivity index (χ0v) is 17.1. The molecule has 6 heteroatoms. The van der Waals surface area contributed by atoms with Crippen molar-refractivity contribution in [3.63, 3.8) is 0 Å². The van der Waals surface area contributed by atoms with E-state index in [1.807, 2.05) is 13.0 Å². The van der Waals surface area contributed by atoms with Gasteiger partial charge in [-0.25, -0.2) is 4.98 Å². The van der Waals surface area contributed by atoms with Crippen LogP contribution >= 0.6 is 11.6 Å². The maximum Gasteiger partial charge on any atom is 0.231 e. The number of hydrogen-bond donors (Lipinski definition) is 0. The van der Waals surface area contributed by atoms with E-state index >= 15 is 0 Å². The molecule has 0 atom stereocenters. The van der Waals surface area contributed by atoms with Gasteiger partial charge in [0.05, 0.1) is 16.3 Å². The minimum Gasteiger partial charge on any atom is -0.454 e. The lowest BCUT2D eigenvalue weighted by molar-refractivity contribution is 0.174. The highest BCUT2D eigenvalue weighted by Gasteiger charge is 2.24. The van der Waals surface area contributed by atoms with Crippen LogP contribution in [0.4, 0.5) is 0 Å². The van der Waals surface area contributed by atoms with E-state index in [-0.39, 0.29) is 6.79 Å². The Kier molecular flexibility index (Phi) is 4.94. The van der Waals surface area contributed by atoms with Crippen LogP contribution in [0.15, 0.2) is 46.9 Å². The van der Waals surface area contributed by atoms with Gasteiger partial charge < -0.3 is 13.9 Å². The molecule has 150 valence electrons. The van der Waals surface area contributed by atoms with E-state index in [1.165, 1.54) is 18.4 Å². The molecule has 0 unspecified atom stereocenters. The smallest absolute Gasteiger partial charge is 0.231 e. The summed E-state index contributed by atoms with van der Waals surface area (Å²) in [5.74, 6) is 3.33. The van der Waals surface area contributed by atoms with Gasteiger partial charge in [-0.1, -0.05) is 41.9 Å². The van der Waals surface area contributed by atoms with E-state index in [0.717, 1.165) is 36.7 Å². The van der Waals surface area contributed by atoms with E-state index in [2.05, 4.69) is 35.2 Å². The summed E-state index contributed by atoms with van der Waals surface area (Å²) in [5.41, 5.74) is 3.14. The van der Waals surface area contributed by atoms with Crippen LogP contribution in [0.25, 0.3) is 11.5 Å². The Hall–Kier alpha value is -2.50. The molecule has 1 saturated heterocycles.